The zero-order valence-electron chi connectivity index (χ0n) is 32.7. The van der Waals surface area contributed by atoms with Crippen LogP contribution in [0.2, 0.25) is 0 Å². The summed E-state index contributed by atoms with van der Waals surface area (Å²) in [6.45, 7) is -0.248. The molecule has 0 radical (unpaired) electrons. The van der Waals surface area contributed by atoms with Gasteiger partial charge in [-0.1, -0.05) is 36.4 Å². The number of H-pyrrole nitrogens is 2. The first kappa shape index (κ1) is 39.4. The molecule has 2 aliphatic heterocycles. The number of benzene rings is 3. The molecule has 6 aromatic rings. The van der Waals surface area contributed by atoms with E-state index in [4.69, 9.17) is 9.97 Å². The van der Waals surface area contributed by atoms with Crippen LogP contribution in [-0.2, 0) is 9.59 Å². The number of amides is 1. The summed E-state index contributed by atoms with van der Waals surface area (Å²) >= 11 is 0. The van der Waals surface area contributed by atoms with E-state index in [-0.39, 0.29) is 45.8 Å². The van der Waals surface area contributed by atoms with Crippen molar-refractivity contribution < 1.29 is 44.1 Å². The van der Waals surface area contributed by atoms with Crippen LogP contribution in [0, 0.1) is 0 Å². The number of ketones is 2. The number of hydrogen-bond acceptors (Lipinski definition) is 8. The molecule has 63 heavy (non-hydrogen) atoms. The number of aromatic nitrogens is 4. The smallest absolute Gasteiger partial charge is 0.335 e. The van der Waals surface area contributed by atoms with Gasteiger partial charge < -0.3 is 30.6 Å². The highest BCUT2D eigenvalue weighted by Gasteiger charge is 2.23. The standard InChI is InChI=1S/C49H31N5O9/c55-32-13-22-41(56)31(23-32)24-50-46(57)45-39-20-18-37(53-39)43(26-3-9-29(10-4-26)48(60)61)35-16-14-33(51-35)42(25-1-7-28(8-2-25)47(58)59)34-15-17-36(52-34)44(38-19-21-40(45)54-38)27-5-11-30(12-6-27)49(62)63/h1-23,51,54H,24H2,(H,50,57)(H,58,59)(H,60,61)(H,62,63). The van der Waals surface area contributed by atoms with Crippen LogP contribution in [0.3, 0.4) is 0 Å². The molecule has 0 spiro atoms. The van der Waals surface area contributed by atoms with Crippen molar-refractivity contribution >= 4 is 81.8 Å². The monoisotopic (exact) mass is 833 g/mol. The molecule has 9 rings (SSSR count). The molecule has 14 nitrogen and oxygen atoms in total. The van der Waals surface area contributed by atoms with Crippen LogP contribution >= 0.6 is 0 Å². The van der Waals surface area contributed by atoms with Crippen LogP contribution < -0.4 is 5.32 Å². The lowest BCUT2D eigenvalue weighted by molar-refractivity contribution is -0.114. The Labute approximate surface area is 356 Å². The average Bonchev–Trinajstić information content (AvgIpc) is 4.13. The fourth-order valence-corrected chi connectivity index (χ4v) is 7.65. The Bertz CT molecular complexity index is 3240. The molecule has 6 N–H and O–H groups in total. The zero-order chi connectivity index (χ0) is 43.9. The molecular weight excluding hydrogens is 803 g/mol. The van der Waals surface area contributed by atoms with Gasteiger partial charge in [0.2, 0.25) is 0 Å². The predicted octanol–water partition coefficient (Wildman–Crippen LogP) is 8.12. The van der Waals surface area contributed by atoms with Gasteiger partial charge >= 0.3 is 17.9 Å². The summed E-state index contributed by atoms with van der Waals surface area (Å²) in [5.74, 6) is -4.71. The van der Waals surface area contributed by atoms with Gasteiger partial charge in [-0.05, 0) is 120 Å². The lowest BCUT2D eigenvalue weighted by Crippen LogP contribution is -2.29. The molecule has 0 atom stereocenters. The molecule has 1 amide bonds. The Kier molecular flexibility index (Phi) is 9.92. The minimum absolute atomic E-state index is 0.0713. The van der Waals surface area contributed by atoms with Gasteiger partial charge in [-0.25, -0.2) is 24.4 Å². The first-order valence-electron chi connectivity index (χ1n) is 19.3. The number of aromatic amines is 2. The van der Waals surface area contributed by atoms with Gasteiger partial charge in [-0.2, -0.15) is 0 Å². The lowest BCUT2D eigenvalue weighted by atomic mass is 10.0. The summed E-state index contributed by atoms with van der Waals surface area (Å²) in [5.41, 5.74) is 7.64. The number of fused-ring (bicyclic) bond motifs is 8. The molecule has 0 unspecified atom stereocenters. The van der Waals surface area contributed by atoms with Crippen LogP contribution in [0.4, 0.5) is 0 Å². The highest BCUT2D eigenvalue weighted by Crippen LogP contribution is 2.37. The van der Waals surface area contributed by atoms with Crippen molar-refractivity contribution in [2.45, 2.75) is 0 Å². The molecule has 0 saturated heterocycles. The van der Waals surface area contributed by atoms with Crippen LogP contribution in [0.1, 0.15) is 64.2 Å². The van der Waals surface area contributed by atoms with E-state index in [0.717, 1.165) is 12.2 Å². The van der Waals surface area contributed by atoms with Gasteiger partial charge in [0.05, 0.1) is 50.5 Å². The summed E-state index contributed by atoms with van der Waals surface area (Å²) in [6.07, 6.45) is 10.5. The van der Waals surface area contributed by atoms with Crippen LogP contribution in [-0.4, -0.2) is 77.2 Å². The molecule has 3 aromatic carbocycles. The van der Waals surface area contributed by atoms with E-state index < -0.39 is 29.6 Å². The van der Waals surface area contributed by atoms with Gasteiger partial charge in [-0.3, -0.25) is 14.4 Å². The van der Waals surface area contributed by atoms with Crippen molar-refractivity contribution in [2.24, 2.45) is 0 Å². The number of nitrogens with zero attached hydrogens (tertiary/aromatic N) is 2. The SMILES string of the molecule is O=C1C=CC(=O)C(CNC(=O)c2c3nc(c(-c4ccc(C(=O)O)cc4)c4ccc([nH]4)c(-c4ccc(C(=O)O)cc4)c4nc(c(-c5ccc(C(=O)O)cc5)c5ccc2[nH]5)C=C4)C=C3)=C1. The second kappa shape index (κ2) is 15.9. The Morgan fingerprint density at radius 1 is 0.476 bits per heavy atom. The quantitative estimate of drug-likeness (QED) is 0.0760. The molecule has 0 fully saturated rings. The number of carboxylic acid groups (broad SMARTS) is 3. The van der Waals surface area contributed by atoms with Crippen molar-refractivity contribution in [3.05, 3.63) is 166 Å². The number of rotatable bonds is 9. The average molecular weight is 834 g/mol. The summed E-state index contributed by atoms with van der Waals surface area (Å²) in [7, 11) is 0. The Morgan fingerprint density at radius 2 is 0.857 bits per heavy atom. The summed E-state index contributed by atoms with van der Waals surface area (Å²) in [5, 5.41) is 31.8. The van der Waals surface area contributed by atoms with Crippen molar-refractivity contribution in [1.82, 2.24) is 25.3 Å². The number of nitrogens with one attached hydrogen (secondary N) is 3. The van der Waals surface area contributed by atoms with E-state index in [1.54, 1.807) is 66.8 Å². The lowest BCUT2D eigenvalue weighted by Gasteiger charge is -2.10. The van der Waals surface area contributed by atoms with E-state index in [9.17, 15) is 44.1 Å². The van der Waals surface area contributed by atoms with E-state index in [0.29, 0.717) is 72.5 Å². The summed E-state index contributed by atoms with van der Waals surface area (Å²) in [6, 6.07) is 26.0. The third-order valence-electron chi connectivity index (χ3n) is 10.7. The number of hydrogen-bond donors (Lipinski definition) is 6. The van der Waals surface area contributed by atoms with Crippen molar-refractivity contribution in [3.63, 3.8) is 0 Å². The molecule has 0 saturated carbocycles. The van der Waals surface area contributed by atoms with Gasteiger partial charge in [0, 0.05) is 45.4 Å². The van der Waals surface area contributed by atoms with Crippen LogP contribution in [0.5, 0.6) is 0 Å². The second-order valence-electron chi connectivity index (χ2n) is 14.6. The van der Waals surface area contributed by atoms with Crippen molar-refractivity contribution in [2.75, 3.05) is 6.54 Å². The second-order valence-corrected chi connectivity index (χ2v) is 14.6. The van der Waals surface area contributed by atoms with Crippen LogP contribution in [0.25, 0.3) is 79.8 Å². The molecule has 1 aliphatic carbocycles. The zero-order valence-corrected chi connectivity index (χ0v) is 32.7. The molecule has 5 heterocycles. The molecule has 3 aliphatic rings. The predicted molar refractivity (Wildman–Crippen MR) is 236 cm³/mol. The first-order valence-corrected chi connectivity index (χ1v) is 19.3. The maximum absolute atomic E-state index is 14.4. The highest BCUT2D eigenvalue weighted by atomic mass is 16.4. The molecule has 14 heteroatoms. The molecule has 3 aromatic heterocycles. The molecule has 306 valence electrons. The van der Waals surface area contributed by atoms with Gasteiger partial charge in [-0.15, -0.1) is 0 Å². The topological polar surface area (TPSA) is 232 Å². The number of allylic oxidation sites excluding steroid dienone is 3. The van der Waals surface area contributed by atoms with E-state index >= 15 is 0 Å². The van der Waals surface area contributed by atoms with Crippen molar-refractivity contribution in [3.8, 4) is 33.4 Å². The number of carbonyl (C=O) groups excluding carboxylic acids is 3. The Balaban J connectivity index is 1.37. The molecular formula is C49H31N5O9. The molecule has 8 bridgehead atoms. The maximum Gasteiger partial charge on any atom is 0.335 e. The third kappa shape index (κ3) is 7.55. The van der Waals surface area contributed by atoms with Gasteiger partial charge in [0.25, 0.3) is 5.91 Å². The van der Waals surface area contributed by atoms with E-state index in [1.165, 1.54) is 42.5 Å². The van der Waals surface area contributed by atoms with E-state index in [1.807, 2.05) is 18.2 Å². The first-order chi connectivity index (χ1) is 30.4. The summed E-state index contributed by atoms with van der Waals surface area (Å²) in [4.78, 5) is 91.6. The summed E-state index contributed by atoms with van der Waals surface area (Å²) < 4.78 is 0. The van der Waals surface area contributed by atoms with Gasteiger partial charge in [0.15, 0.2) is 11.6 Å². The number of aromatic carboxylic acids is 3. The van der Waals surface area contributed by atoms with Crippen molar-refractivity contribution in [1.29, 1.82) is 0 Å². The minimum atomic E-state index is -1.10. The largest absolute Gasteiger partial charge is 0.478 e. The number of carbonyl (C=O) groups is 6. The highest BCUT2D eigenvalue weighted by molar-refractivity contribution is 6.18. The minimum Gasteiger partial charge on any atom is -0.478 e. The normalized spacial score (nSPS) is 12.9. The van der Waals surface area contributed by atoms with Gasteiger partial charge in [0.1, 0.15) is 0 Å². The third-order valence-corrected chi connectivity index (χ3v) is 10.7. The Hall–Kier alpha value is -9.04. The van der Waals surface area contributed by atoms with Crippen LogP contribution in [0.15, 0.2) is 121 Å². The number of carboxylic acids is 3. The Morgan fingerprint density at radius 3 is 1.29 bits per heavy atom. The fraction of sp³-hybridized carbons (Fsp3) is 0.0204. The maximum atomic E-state index is 14.4. The van der Waals surface area contributed by atoms with E-state index in [2.05, 4.69) is 15.3 Å². The fourth-order valence-electron chi connectivity index (χ4n) is 7.65.